The van der Waals surface area contributed by atoms with Crippen molar-refractivity contribution in [3.05, 3.63) is 12.2 Å². The molecule has 28 heavy (non-hydrogen) atoms. The predicted molar refractivity (Wildman–Crippen MR) is 119 cm³/mol. The highest BCUT2D eigenvalue weighted by Gasteiger charge is 2.59. The molecule has 0 spiro atoms. The first kappa shape index (κ1) is 21.0. The molecule has 3 fully saturated rings. The van der Waals surface area contributed by atoms with E-state index in [9.17, 15) is 5.11 Å². The normalized spacial score (nSPS) is 48.8. The molecule has 6 unspecified atom stereocenters. The van der Waals surface area contributed by atoms with Crippen LogP contribution in [0.3, 0.4) is 0 Å². The topological polar surface area (TPSA) is 20.2 Å². The molecule has 0 radical (unpaired) electrons. The van der Waals surface area contributed by atoms with Crippen LogP contribution in [-0.4, -0.2) is 11.2 Å². The lowest BCUT2D eigenvalue weighted by Gasteiger charge is -2.59. The van der Waals surface area contributed by atoms with E-state index < -0.39 is 0 Å². The second-order valence-electron chi connectivity index (χ2n) is 12.2. The zero-order valence-corrected chi connectivity index (χ0v) is 19.3. The molecule has 0 aliphatic heterocycles. The van der Waals surface area contributed by atoms with Gasteiger partial charge in [0.15, 0.2) is 0 Å². The second-order valence-corrected chi connectivity index (χ2v) is 12.2. The number of allylic oxidation sites excluding steroid dienone is 2. The first-order valence-electron chi connectivity index (χ1n) is 12.6. The molecule has 0 bridgehead atoms. The molecule has 0 aromatic carbocycles. The molecule has 1 N–H and O–H groups in total. The van der Waals surface area contributed by atoms with Crippen LogP contribution in [0.25, 0.3) is 0 Å². The monoisotopic (exact) mass is 386 g/mol. The van der Waals surface area contributed by atoms with Gasteiger partial charge < -0.3 is 5.11 Å². The Hall–Kier alpha value is -0.300. The minimum Gasteiger partial charge on any atom is -0.393 e. The smallest absolute Gasteiger partial charge is 0.0546 e. The molecule has 4 aliphatic rings. The molecule has 160 valence electrons. The largest absolute Gasteiger partial charge is 0.393 e. The fourth-order valence-electron chi connectivity index (χ4n) is 8.62. The van der Waals surface area contributed by atoms with Crippen LogP contribution in [-0.2, 0) is 0 Å². The predicted octanol–water partition coefficient (Wildman–Crippen LogP) is 7.24. The third-order valence-electron chi connectivity index (χ3n) is 10.3. The van der Waals surface area contributed by atoms with Gasteiger partial charge in [-0.1, -0.05) is 66.0 Å². The molecule has 0 heterocycles. The first-order valence-corrected chi connectivity index (χ1v) is 12.6. The lowest BCUT2D eigenvalue weighted by Crippen LogP contribution is -2.52. The van der Waals surface area contributed by atoms with Crippen molar-refractivity contribution in [1.29, 1.82) is 0 Å². The zero-order valence-electron chi connectivity index (χ0n) is 19.3. The van der Waals surface area contributed by atoms with E-state index in [0.717, 1.165) is 48.3 Å². The molecule has 0 saturated heterocycles. The molecular formula is C27H46O. The molecule has 4 rings (SSSR count). The van der Waals surface area contributed by atoms with Crippen LogP contribution in [0.4, 0.5) is 0 Å². The number of fused-ring (bicyclic) bond motifs is 5. The molecular weight excluding hydrogens is 340 g/mol. The van der Waals surface area contributed by atoms with E-state index in [2.05, 4.69) is 46.8 Å². The Morgan fingerprint density at radius 2 is 1.61 bits per heavy atom. The Morgan fingerprint density at radius 3 is 2.36 bits per heavy atom. The molecule has 9 atom stereocenters. The Kier molecular flexibility index (Phi) is 5.80. The highest BCUT2D eigenvalue weighted by molar-refractivity contribution is 5.18. The summed E-state index contributed by atoms with van der Waals surface area (Å²) in [6.45, 7) is 12.6. The highest BCUT2D eigenvalue weighted by Crippen LogP contribution is 2.67. The van der Waals surface area contributed by atoms with Gasteiger partial charge in [0.1, 0.15) is 0 Å². The third-order valence-corrected chi connectivity index (χ3v) is 10.3. The van der Waals surface area contributed by atoms with Crippen molar-refractivity contribution >= 4 is 0 Å². The van der Waals surface area contributed by atoms with E-state index in [4.69, 9.17) is 0 Å². The van der Waals surface area contributed by atoms with Crippen LogP contribution < -0.4 is 0 Å². The zero-order chi connectivity index (χ0) is 20.1. The summed E-state index contributed by atoms with van der Waals surface area (Å²) in [5.74, 6) is 5.89. The van der Waals surface area contributed by atoms with E-state index in [0.29, 0.717) is 16.7 Å². The fraction of sp³-hybridized carbons (Fsp3) is 0.926. The summed E-state index contributed by atoms with van der Waals surface area (Å²) in [5, 5.41) is 10.2. The van der Waals surface area contributed by atoms with Gasteiger partial charge in [-0.05, 0) is 97.2 Å². The van der Waals surface area contributed by atoms with Crippen LogP contribution >= 0.6 is 0 Å². The number of aliphatic hydroxyl groups is 1. The summed E-state index contributed by atoms with van der Waals surface area (Å²) >= 11 is 0. The number of rotatable bonds is 5. The standard InChI is InChI=1S/C27H46O/c1-18(2)7-6-8-19(3)23-11-12-24-22-10-9-20-17-21(28)13-15-26(20,4)25(22)14-16-27(23,24)5/h9-10,18-25,28H,6-8,11-17H2,1-5H3/t19?,20?,21-,22?,23?,24?,25?,26-,27+/m0/s1. The summed E-state index contributed by atoms with van der Waals surface area (Å²) in [6.07, 6.45) is 18.5. The molecule has 1 nitrogen and oxygen atoms in total. The Morgan fingerprint density at radius 1 is 0.893 bits per heavy atom. The van der Waals surface area contributed by atoms with E-state index in [1.54, 1.807) is 0 Å². The minimum absolute atomic E-state index is 0.0596. The van der Waals surface area contributed by atoms with Crippen molar-refractivity contribution in [2.24, 2.45) is 52.3 Å². The average Bonchev–Trinajstić information content (AvgIpc) is 2.99. The van der Waals surface area contributed by atoms with Gasteiger partial charge in [0, 0.05) is 0 Å². The number of hydrogen-bond acceptors (Lipinski definition) is 1. The lowest BCUT2D eigenvalue weighted by atomic mass is 9.46. The van der Waals surface area contributed by atoms with Crippen molar-refractivity contribution in [2.45, 2.75) is 105 Å². The Labute approximate surface area is 174 Å². The Bertz CT molecular complexity index is 579. The van der Waals surface area contributed by atoms with Crippen LogP contribution in [0, 0.1) is 52.3 Å². The Balaban J connectivity index is 1.49. The van der Waals surface area contributed by atoms with Gasteiger partial charge in [-0.3, -0.25) is 0 Å². The summed E-state index contributed by atoms with van der Waals surface area (Å²) in [4.78, 5) is 0. The van der Waals surface area contributed by atoms with Crippen LogP contribution in [0.5, 0.6) is 0 Å². The van der Waals surface area contributed by atoms with Crippen molar-refractivity contribution < 1.29 is 5.11 Å². The maximum atomic E-state index is 10.2. The fourth-order valence-corrected chi connectivity index (χ4v) is 8.62. The summed E-state index contributed by atoms with van der Waals surface area (Å²) in [5.41, 5.74) is 1.01. The van der Waals surface area contributed by atoms with Crippen molar-refractivity contribution in [2.75, 3.05) is 0 Å². The lowest BCUT2D eigenvalue weighted by molar-refractivity contribution is -0.0813. The molecule has 0 aromatic rings. The van der Waals surface area contributed by atoms with Crippen LogP contribution in [0.2, 0.25) is 0 Å². The number of aliphatic hydroxyl groups excluding tert-OH is 1. The van der Waals surface area contributed by atoms with Gasteiger partial charge >= 0.3 is 0 Å². The molecule has 0 amide bonds. The van der Waals surface area contributed by atoms with Gasteiger partial charge in [-0.25, -0.2) is 0 Å². The van der Waals surface area contributed by atoms with Gasteiger partial charge in [0.05, 0.1) is 6.10 Å². The molecule has 4 aliphatic carbocycles. The highest BCUT2D eigenvalue weighted by atomic mass is 16.3. The van der Waals surface area contributed by atoms with E-state index >= 15 is 0 Å². The minimum atomic E-state index is -0.0596. The van der Waals surface area contributed by atoms with Crippen molar-refractivity contribution in [3.63, 3.8) is 0 Å². The summed E-state index contributed by atoms with van der Waals surface area (Å²) in [7, 11) is 0. The number of hydrogen-bond donors (Lipinski definition) is 1. The van der Waals surface area contributed by atoms with Crippen LogP contribution in [0.1, 0.15) is 98.8 Å². The molecule has 0 aromatic heterocycles. The van der Waals surface area contributed by atoms with E-state index in [1.807, 2.05) is 0 Å². The quantitative estimate of drug-likeness (QED) is 0.493. The first-order chi connectivity index (χ1) is 13.3. The van der Waals surface area contributed by atoms with Crippen molar-refractivity contribution in [1.82, 2.24) is 0 Å². The van der Waals surface area contributed by atoms with Crippen LogP contribution in [0.15, 0.2) is 12.2 Å². The third kappa shape index (κ3) is 3.42. The van der Waals surface area contributed by atoms with Gasteiger partial charge in [-0.2, -0.15) is 0 Å². The summed E-state index contributed by atoms with van der Waals surface area (Å²) < 4.78 is 0. The SMILES string of the molecule is CC(C)CCCC(C)C1CCC2C3C=CC4C[C@@H](O)CC[C@]4(C)C3CC[C@]12C. The molecule has 1 heteroatoms. The summed E-state index contributed by atoms with van der Waals surface area (Å²) in [6, 6.07) is 0. The maximum absolute atomic E-state index is 10.2. The van der Waals surface area contributed by atoms with E-state index in [-0.39, 0.29) is 6.10 Å². The second kappa shape index (κ2) is 7.75. The van der Waals surface area contributed by atoms with Gasteiger partial charge in [0.2, 0.25) is 0 Å². The van der Waals surface area contributed by atoms with Gasteiger partial charge in [0.25, 0.3) is 0 Å². The van der Waals surface area contributed by atoms with Gasteiger partial charge in [-0.15, -0.1) is 0 Å². The molecule has 3 saturated carbocycles. The average molecular weight is 387 g/mol. The maximum Gasteiger partial charge on any atom is 0.0546 e. The van der Waals surface area contributed by atoms with Crippen molar-refractivity contribution in [3.8, 4) is 0 Å². The van der Waals surface area contributed by atoms with E-state index in [1.165, 1.54) is 51.4 Å².